The Balaban J connectivity index is 1.56. The molecule has 3 aromatic rings. The first-order valence-electron chi connectivity index (χ1n) is 12.5. The fraction of sp³-hybridized carbons (Fsp3) is 0.241. The number of hydrogen-bond acceptors (Lipinski definition) is 7. The summed E-state index contributed by atoms with van der Waals surface area (Å²) in [5.74, 6) is -0.398. The van der Waals surface area contributed by atoms with Gasteiger partial charge in [0.05, 0.1) is 4.90 Å². The summed E-state index contributed by atoms with van der Waals surface area (Å²) in [4.78, 5) is 29.0. The third-order valence-corrected chi connectivity index (χ3v) is 8.57. The summed E-state index contributed by atoms with van der Waals surface area (Å²) >= 11 is 1.16. The van der Waals surface area contributed by atoms with Gasteiger partial charge < -0.3 is 10.1 Å². The number of anilines is 2. The molecule has 0 fully saturated rings. The number of nitrogens with zero attached hydrogens (tertiary/aromatic N) is 1. The van der Waals surface area contributed by atoms with Crippen LogP contribution in [-0.2, 0) is 24.3 Å². The van der Waals surface area contributed by atoms with Crippen LogP contribution in [0.2, 0.25) is 0 Å². The molecule has 3 aromatic carbocycles. The quantitative estimate of drug-likeness (QED) is 0.223. The monoisotopic (exact) mass is 565 g/mol. The molecule has 2 amide bonds. The molecule has 0 radical (unpaired) electrons. The van der Waals surface area contributed by atoms with E-state index in [0.717, 1.165) is 11.8 Å². The van der Waals surface area contributed by atoms with Crippen LogP contribution in [0, 0.1) is 0 Å². The SMILES string of the molecule is COCCCN1C(=O)C(Nc2ccc(C(C)C)cc2)=C(Sc2ccc(NS(=O)(=O)c3ccccc3)cc2)C1=O. The summed E-state index contributed by atoms with van der Waals surface area (Å²) in [5.41, 5.74) is 2.48. The predicted molar refractivity (Wildman–Crippen MR) is 154 cm³/mol. The number of benzene rings is 3. The molecule has 10 heteroatoms. The Morgan fingerprint density at radius 1 is 0.872 bits per heavy atom. The molecular weight excluding hydrogens is 534 g/mol. The molecule has 0 aliphatic carbocycles. The minimum absolute atomic E-state index is 0.161. The smallest absolute Gasteiger partial charge is 0.278 e. The lowest BCUT2D eigenvalue weighted by Crippen LogP contribution is -2.33. The lowest BCUT2D eigenvalue weighted by Gasteiger charge is -2.15. The predicted octanol–water partition coefficient (Wildman–Crippen LogP) is 5.43. The number of amides is 2. The molecule has 1 heterocycles. The van der Waals surface area contributed by atoms with Gasteiger partial charge in [-0.15, -0.1) is 0 Å². The van der Waals surface area contributed by atoms with Crippen molar-refractivity contribution in [1.82, 2.24) is 4.90 Å². The van der Waals surface area contributed by atoms with Gasteiger partial charge in [0.15, 0.2) is 0 Å². The number of hydrogen-bond donors (Lipinski definition) is 2. The van der Waals surface area contributed by atoms with Crippen molar-refractivity contribution in [3.63, 3.8) is 0 Å². The largest absolute Gasteiger partial charge is 0.385 e. The molecule has 0 aromatic heterocycles. The van der Waals surface area contributed by atoms with E-state index >= 15 is 0 Å². The first kappa shape index (κ1) is 28.4. The van der Waals surface area contributed by atoms with Crippen molar-refractivity contribution in [1.29, 1.82) is 0 Å². The Morgan fingerprint density at radius 2 is 1.51 bits per heavy atom. The zero-order valence-electron chi connectivity index (χ0n) is 22.0. The second-order valence-corrected chi connectivity index (χ2v) is 12.0. The Labute approximate surface area is 233 Å². The number of carbonyl (C=O) groups excluding carboxylic acids is 2. The summed E-state index contributed by atoms with van der Waals surface area (Å²) in [6.07, 6.45) is 0.526. The standard InChI is InChI=1S/C29H31N3O5S2/c1-20(2)21-10-12-22(13-11-21)30-26-27(29(34)32(28(26)33)18-7-19-37-3)38-24-16-14-23(15-17-24)31-39(35,36)25-8-5-4-6-9-25/h4-6,8-17,20,30-31H,7,18-19H2,1-3H3. The number of sulfonamides is 1. The van der Waals surface area contributed by atoms with Gasteiger partial charge in [0, 0.05) is 36.5 Å². The van der Waals surface area contributed by atoms with Crippen LogP contribution in [0.3, 0.4) is 0 Å². The van der Waals surface area contributed by atoms with Crippen LogP contribution in [-0.4, -0.2) is 45.4 Å². The average molecular weight is 566 g/mol. The highest BCUT2D eigenvalue weighted by Gasteiger charge is 2.38. The van der Waals surface area contributed by atoms with Gasteiger partial charge in [-0.2, -0.15) is 0 Å². The van der Waals surface area contributed by atoms with Gasteiger partial charge in [-0.1, -0.05) is 55.9 Å². The Bertz CT molecular complexity index is 1450. The Kier molecular flexibility index (Phi) is 9.11. The summed E-state index contributed by atoms with van der Waals surface area (Å²) in [7, 11) is -2.15. The van der Waals surface area contributed by atoms with Crippen molar-refractivity contribution in [3.8, 4) is 0 Å². The molecule has 0 saturated heterocycles. The molecule has 0 atom stereocenters. The fourth-order valence-electron chi connectivity index (χ4n) is 3.95. The third kappa shape index (κ3) is 6.89. The van der Waals surface area contributed by atoms with Crippen molar-refractivity contribution in [2.45, 2.75) is 36.0 Å². The number of carbonyl (C=O) groups is 2. The van der Waals surface area contributed by atoms with E-state index in [1.807, 2.05) is 24.3 Å². The van der Waals surface area contributed by atoms with E-state index in [1.54, 1.807) is 49.6 Å². The molecular formula is C29H31N3O5S2. The number of nitrogens with one attached hydrogen (secondary N) is 2. The summed E-state index contributed by atoms with van der Waals surface area (Å²) in [5, 5.41) is 3.16. The number of thioether (sulfide) groups is 1. The maximum atomic E-state index is 13.3. The molecule has 0 unspecified atom stereocenters. The first-order chi connectivity index (χ1) is 18.7. The van der Waals surface area contributed by atoms with Crippen molar-refractivity contribution in [2.24, 2.45) is 0 Å². The molecule has 0 saturated carbocycles. The highest BCUT2D eigenvalue weighted by Crippen LogP contribution is 2.36. The zero-order chi connectivity index (χ0) is 28.0. The summed E-state index contributed by atoms with van der Waals surface area (Å²) in [6, 6.07) is 22.5. The Morgan fingerprint density at radius 3 is 2.13 bits per heavy atom. The van der Waals surface area contributed by atoms with Crippen molar-refractivity contribution >= 4 is 45.0 Å². The van der Waals surface area contributed by atoms with Crippen molar-refractivity contribution in [3.05, 3.63) is 95.0 Å². The normalized spacial score (nSPS) is 13.9. The van der Waals surface area contributed by atoms with Gasteiger partial charge >= 0.3 is 0 Å². The van der Waals surface area contributed by atoms with Gasteiger partial charge in [0.1, 0.15) is 10.6 Å². The second kappa shape index (κ2) is 12.5. The van der Waals surface area contributed by atoms with Crippen LogP contribution in [0.25, 0.3) is 0 Å². The van der Waals surface area contributed by atoms with Gasteiger partial charge in [-0.3, -0.25) is 19.2 Å². The van der Waals surface area contributed by atoms with Crippen LogP contribution < -0.4 is 10.0 Å². The number of methoxy groups -OCH3 is 1. The maximum Gasteiger partial charge on any atom is 0.278 e. The molecule has 1 aliphatic heterocycles. The lowest BCUT2D eigenvalue weighted by atomic mass is 10.0. The molecule has 2 N–H and O–H groups in total. The van der Waals surface area contributed by atoms with Crippen molar-refractivity contribution < 1.29 is 22.7 Å². The molecule has 39 heavy (non-hydrogen) atoms. The molecule has 0 spiro atoms. The average Bonchev–Trinajstić information content (AvgIpc) is 3.14. The van der Waals surface area contributed by atoms with Gasteiger partial charge in [-0.05, 0) is 66.4 Å². The summed E-state index contributed by atoms with van der Waals surface area (Å²) < 4.78 is 32.9. The highest BCUT2D eigenvalue weighted by atomic mass is 32.2. The van der Waals surface area contributed by atoms with Crippen LogP contribution >= 0.6 is 11.8 Å². The van der Waals surface area contributed by atoms with Crippen molar-refractivity contribution in [2.75, 3.05) is 30.3 Å². The maximum absolute atomic E-state index is 13.3. The number of rotatable bonds is 12. The van der Waals surface area contributed by atoms with Crippen LogP contribution in [0.15, 0.2) is 99.3 Å². The number of imide groups is 1. The molecule has 0 bridgehead atoms. The van der Waals surface area contributed by atoms with E-state index in [1.165, 1.54) is 22.6 Å². The highest BCUT2D eigenvalue weighted by molar-refractivity contribution is 8.04. The molecule has 8 nitrogen and oxygen atoms in total. The van der Waals surface area contributed by atoms with E-state index in [0.29, 0.717) is 35.2 Å². The Hall–Kier alpha value is -3.60. The van der Waals surface area contributed by atoms with E-state index < -0.39 is 15.9 Å². The van der Waals surface area contributed by atoms with Gasteiger partial charge in [0.2, 0.25) is 0 Å². The third-order valence-electron chi connectivity index (χ3n) is 6.08. The minimum atomic E-state index is -3.73. The van der Waals surface area contributed by atoms with E-state index in [2.05, 4.69) is 23.9 Å². The zero-order valence-corrected chi connectivity index (χ0v) is 23.6. The molecule has 1 aliphatic rings. The van der Waals surface area contributed by atoms with Gasteiger partial charge in [-0.25, -0.2) is 8.42 Å². The molecule has 4 rings (SSSR count). The number of ether oxygens (including phenoxy) is 1. The second-order valence-electron chi connectivity index (χ2n) is 9.26. The first-order valence-corrected chi connectivity index (χ1v) is 14.8. The van der Waals surface area contributed by atoms with Crippen LogP contribution in [0.4, 0.5) is 11.4 Å². The van der Waals surface area contributed by atoms with Crippen LogP contribution in [0.5, 0.6) is 0 Å². The van der Waals surface area contributed by atoms with E-state index in [4.69, 9.17) is 4.74 Å². The topological polar surface area (TPSA) is 105 Å². The van der Waals surface area contributed by atoms with E-state index in [9.17, 15) is 18.0 Å². The summed E-state index contributed by atoms with van der Waals surface area (Å²) in [6.45, 7) is 4.88. The van der Waals surface area contributed by atoms with E-state index in [-0.39, 0.29) is 27.9 Å². The fourth-order valence-corrected chi connectivity index (χ4v) is 5.97. The van der Waals surface area contributed by atoms with Gasteiger partial charge in [0.25, 0.3) is 21.8 Å². The lowest BCUT2D eigenvalue weighted by molar-refractivity contribution is -0.137. The minimum Gasteiger partial charge on any atom is -0.385 e. The molecule has 204 valence electrons. The van der Waals surface area contributed by atoms with Crippen LogP contribution in [0.1, 0.15) is 31.7 Å².